The van der Waals surface area contributed by atoms with E-state index in [0.29, 0.717) is 35.2 Å². The van der Waals surface area contributed by atoms with Gasteiger partial charge in [0.2, 0.25) is 0 Å². The van der Waals surface area contributed by atoms with Gasteiger partial charge in [0.1, 0.15) is 23.6 Å². The number of allylic oxidation sites excluding steroid dienone is 1. The van der Waals surface area contributed by atoms with Crippen molar-refractivity contribution in [3.8, 4) is 0 Å². The van der Waals surface area contributed by atoms with Gasteiger partial charge in [0.15, 0.2) is 0 Å². The van der Waals surface area contributed by atoms with Crippen molar-refractivity contribution >= 4 is 17.3 Å². The highest BCUT2D eigenvalue weighted by atomic mass is 19.1. The molecule has 33 heavy (non-hydrogen) atoms. The van der Waals surface area contributed by atoms with Crippen LogP contribution in [0.5, 0.6) is 0 Å². The van der Waals surface area contributed by atoms with E-state index in [4.69, 9.17) is 0 Å². The van der Waals surface area contributed by atoms with Gasteiger partial charge in [0.25, 0.3) is 5.91 Å². The molecule has 1 aliphatic carbocycles. The summed E-state index contributed by atoms with van der Waals surface area (Å²) in [7, 11) is 0. The first kappa shape index (κ1) is 23.0. The van der Waals surface area contributed by atoms with Gasteiger partial charge in [0.05, 0.1) is 18.2 Å². The minimum atomic E-state index is -1.14. The Kier molecular flexibility index (Phi) is 6.56. The van der Waals surface area contributed by atoms with Crippen LogP contribution in [0.3, 0.4) is 0 Å². The summed E-state index contributed by atoms with van der Waals surface area (Å²) in [5, 5.41) is 4.46. The number of hydrogen-bond donors (Lipinski definition) is 2. The topological polar surface area (TPSA) is 61.4 Å². The van der Waals surface area contributed by atoms with Crippen molar-refractivity contribution in [3.63, 3.8) is 0 Å². The number of nitrogens with one attached hydrogen (secondary N) is 2. The number of amides is 1. The summed E-state index contributed by atoms with van der Waals surface area (Å²) < 4.78 is 42.0. The molecular formula is C25H26F3N3O2. The number of Topliss-reactive ketones (excluding diaryl/α,β-unsaturated/α-hetero) is 1. The Labute approximate surface area is 190 Å². The molecule has 2 N–H and O–H groups in total. The minimum Gasteiger partial charge on any atom is -0.344 e. The molecule has 5 nitrogen and oxygen atoms in total. The number of rotatable bonds is 7. The Balaban J connectivity index is 1.71. The number of halogens is 3. The maximum Gasteiger partial charge on any atom is 0.254 e. The van der Waals surface area contributed by atoms with Crippen molar-refractivity contribution in [2.45, 2.75) is 45.4 Å². The number of benzene rings is 2. The molecule has 1 fully saturated rings. The van der Waals surface area contributed by atoms with Crippen LogP contribution < -0.4 is 10.7 Å². The predicted octanol–water partition coefficient (Wildman–Crippen LogP) is 4.21. The van der Waals surface area contributed by atoms with Crippen LogP contribution in [0.25, 0.3) is 5.57 Å². The second kappa shape index (κ2) is 9.39. The van der Waals surface area contributed by atoms with E-state index in [-0.39, 0.29) is 24.4 Å². The molecule has 1 aliphatic heterocycles. The van der Waals surface area contributed by atoms with E-state index >= 15 is 0 Å². The maximum atomic E-state index is 14.7. The molecular weight excluding hydrogens is 431 g/mol. The number of ketones is 1. The van der Waals surface area contributed by atoms with E-state index in [1.807, 2.05) is 0 Å². The van der Waals surface area contributed by atoms with Gasteiger partial charge in [-0.15, -0.1) is 0 Å². The number of carbonyl (C=O) groups is 2. The third-order valence-corrected chi connectivity index (χ3v) is 6.27. The maximum absolute atomic E-state index is 14.7. The SMILES string of the molecule is CC1=C(C(=O)N[C@H](c2cccc(F)c2)C2CCC2=O)c2cccc(F)c2CN1NCC(C)F. The molecule has 0 spiro atoms. The molecule has 0 radical (unpaired) electrons. The largest absolute Gasteiger partial charge is 0.344 e. The van der Waals surface area contributed by atoms with Crippen LogP contribution in [-0.2, 0) is 16.1 Å². The van der Waals surface area contributed by atoms with Crippen LogP contribution in [0.15, 0.2) is 48.2 Å². The summed E-state index contributed by atoms with van der Waals surface area (Å²) >= 11 is 0. The molecule has 2 aromatic carbocycles. The van der Waals surface area contributed by atoms with Crippen LogP contribution in [0, 0.1) is 17.6 Å². The van der Waals surface area contributed by atoms with Crippen molar-refractivity contribution in [2.75, 3.05) is 6.54 Å². The molecule has 8 heteroatoms. The predicted molar refractivity (Wildman–Crippen MR) is 118 cm³/mol. The van der Waals surface area contributed by atoms with E-state index in [2.05, 4.69) is 10.7 Å². The normalized spacial score (nSPS) is 19.6. The fourth-order valence-electron chi connectivity index (χ4n) is 4.37. The lowest BCUT2D eigenvalue weighted by molar-refractivity contribution is -0.131. The molecule has 3 atom stereocenters. The Morgan fingerprint density at radius 3 is 2.61 bits per heavy atom. The van der Waals surface area contributed by atoms with Crippen LogP contribution in [0.4, 0.5) is 13.2 Å². The standard InChI is InChI=1S/C25H26F3N3O2/c1-14(26)12-29-31-13-20-18(7-4-8-21(20)28)23(15(31)2)25(33)30-24(19-9-10-22(19)32)16-5-3-6-17(27)11-16/h3-8,11,14,19,24,29H,9-10,12-13H2,1-2H3,(H,30,33)/t14?,19?,24-/m1/s1. The third kappa shape index (κ3) is 4.66. The molecule has 4 rings (SSSR count). The summed E-state index contributed by atoms with van der Waals surface area (Å²) in [6.07, 6.45) is -0.133. The first-order valence-corrected chi connectivity index (χ1v) is 11.0. The second-order valence-corrected chi connectivity index (χ2v) is 8.57. The monoisotopic (exact) mass is 457 g/mol. The Morgan fingerprint density at radius 2 is 1.97 bits per heavy atom. The number of alkyl halides is 1. The van der Waals surface area contributed by atoms with E-state index < -0.39 is 35.7 Å². The summed E-state index contributed by atoms with van der Waals surface area (Å²) in [5.41, 5.74) is 4.90. The number of fused-ring (bicyclic) bond motifs is 1. The van der Waals surface area contributed by atoms with Crippen molar-refractivity contribution in [1.29, 1.82) is 0 Å². The average Bonchev–Trinajstić information content (AvgIpc) is 2.76. The molecule has 0 bridgehead atoms. The highest BCUT2D eigenvalue weighted by molar-refractivity contribution is 6.21. The fourth-order valence-corrected chi connectivity index (χ4v) is 4.37. The number of carbonyl (C=O) groups excluding carboxylic acids is 2. The summed E-state index contributed by atoms with van der Waals surface area (Å²) in [5.74, 6) is -1.89. The Hall–Kier alpha value is -3.13. The summed E-state index contributed by atoms with van der Waals surface area (Å²) in [6.45, 7) is 3.23. The van der Waals surface area contributed by atoms with Crippen molar-refractivity contribution < 1.29 is 22.8 Å². The van der Waals surface area contributed by atoms with Gasteiger partial charge < -0.3 is 10.3 Å². The fraction of sp³-hybridized carbons (Fsp3) is 0.360. The number of hydrazine groups is 1. The molecule has 1 heterocycles. The van der Waals surface area contributed by atoms with Crippen LogP contribution >= 0.6 is 0 Å². The summed E-state index contributed by atoms with van der Waals surface area (Å²) in [4.78, 5) is 25.8. The van der Waals surface area contributed by atoms with Gasteiger partial charge in [0, 0.05) is 30.1 Å². The quantitative estimate of drug-likeness (QED) is 0.654. The minimum absolute atomic E-state index is 0.00147. The van der Waals surface area contributed by atoms with Crippen LogP contribution in [-0.4, -0.2) is 29.4 Å². The van der Waals surface area contributed by atoms with Crippen LogP contribution in [0.1, 0.15) is 49.4 Å². The van der Waals surface area contributed by atoms with Gasteiger partial charge in [-0.2, -0.15) is 0 Å². The average molecular weight is 457 g/mol. The molecule has 0 saturated heterocycles. The molecule has 2 aromatic rings. The van der Waals surface area contributed by atoms with Crippen molar-refractivity contribution in [2.24, 2.45) is 5.92 Å². The Bertz CT molecular complexity index is 1120. The molecule has 2 aliphatic rings. The van der Waals surface area contributed by atoms with E-state index in [9.17, 15) is 22.8 Å². The Morgan fingerprint density at radius 1 is 1.21 bits per heavy atom. The van der Waals surface area contributed by atoms with Crippen molar-refractivity contribution in [3.05, 3.63) is 76.5 Å². The van der Waals surface area contributed by atoms with E-state index in [1.54, 1.807) is 24.1 Å². The van der Waals surface area contributed by atoms with Crippen molar-refractivity contribution in [1.82, 2.24) is 15.8 Å². The smallest absolute Gasteiger partial charge is 0.254 e. The number of nitrogens with zero attached hydrogens (tertiary/aromatic N) is 1. The lowest BCUT2D eigenvalue weighted by Gasteiger charge is -2.36. The van der Waals surface area contributed by atoms with Gasteiger partial charge >= 0.3 is 0 Å². The summed E-state index contributed by atoms with van der Waals surface area (Å²) in [6, 6.07) is 9.61. The van der Waals surface area contributed by atoms with Crippen LogP contribution in [0.2, 0.25) is 0 Å². The van der Waals surface area contributed by atoms with Gasteiger partial charge in [-0.1, -0.05) is 24.3 Å². The molecule has 0 aromatic heterocycles. The van der Waals surface area contributed by atoms with Gasteiger partial charge in [-0.3, -0.25) is 9.59 Å². The highest BCUT2D eigenvalue weighted by Gasteiger charge is 2.38. The zero-order valence-electron chi connectivity index (χ0n) is 18.5. The van der Waals surface area contributed by atoms with Gasteiger partial charge in [-0.25, -0.2) is 18.6 Å². The zero-order chi connectivity index (χ0) is 23.7. The first-order chi connectivity index (χ1) is 15.8. The van der Waals surface area contributed by atoms with E-state index in [1.165, 1.54) is 37.3 Å². The number of hydrogen-bond acceptors (Lipinski definition) is 4. The van der Waals surface area contributed by atoms with E-state index in [0.717, 1.165) is 0 Å². The third-order valence-electron chi connectivity index (χ3n) is 6.27. The first-order valence-electron chi connectivity index (χ1n) is 11.0. The second-order valence-electron chi connectivity index (χ2n) is 8.57. The lowest BCUT2D eigenvalue weighted by atomic mass is 9.75. The molecule has 1 saturated carbocycles. The molecule has 1 amide bonds. The highest BCUT2D eigenvalue weighted by Crippen LogP contribution is 2.37. The zero-order valence-corrected chi connectivity index (χ0v) is 18.5. The lowest BCUT2D eigenvalue weighted by Crippen LogP contribution is -2.45. The molecule has 174 valence electrons. The van der Waals surface area contributed by atoms with Gasteiger partial charge in [-0.05, 0) is 49.6 Å². The molecule has 2 unspecified atom stereocenters.